The van der Waals surface area contributed by atoms with Crippen molar-refractivity contribution in [3.63, 3.8) is 0 Å². The summed E-state index contributed by atoms with van der Waals surface area (Å²) in [4.78, 5) is 0. The minimum absolute atomic E-state index is 0.331. The topological polar surface area (TPSA) is 63.6 Å². The van der Waals surface area contributed by atoms with Gasteiger partial charge in [0.1, 0.15) is 5.76 Å². The van der Waals surface area contributed by atoms with Crippen molar-refractivity contribution in [3.8, 4) is 0 Å². The Morgan fingerprint density at radius 3 is 2.33 bits per heavy atom. The van der Waals surface area contributed by atoms with Crippen molar-refractivity contribution in [3.05, 3.63) is 11.8 Å². The molecular formula is C4H6O4S. The van der Waals surface area contributed by atoms with Crippen molar-refractivity contribution in [1.82, 2.24) is 0 Å². The Labute approximate surface area is 53.1 Å². The zero-order valence-corrected chi connectivity index (χ0v) is 5.39. The Balaban J connectivity index is 2.53. The van der Waals surface area contributed by atoms with Gasteiger partial charge in [-0.15, -0.1) is 0 Å². The predicted molar refractivity (Wildman–Crippen MR) is 30.0 cm³/mol. The molecule has 1 rings (SSSR count). The molecule has 9 heavy (non-hydrogen) atoms. The van der Waals surface area contributed by atoms with Crippen molar-refractivity contribution >= 4 is 10.4 Å². The zero-order chi connectivity index (χ0) is 6.91. The van der Waals surface area contributed by atoms with Crippen LogP contribution in [0.25, 0.3) is 0 Å². The van der Waals surface area contributed by atoms with Crippen LogP contribution in [0.5, 0.6) is 0 Å². The molecule has 1 aliphatic carbocycles. The van der Waals surface area contributed by atoms with Crippen LogP contribution in [-0.2, 0) is 14.6 Å². The molecule has 5 heteroatoms. The average molecular weight is 150 g/mol. The van der Waals surface area contributed by atoms with Crippen LogP contribution in [-0.4, -0.2) is 13.0 Å². The van der Waals surface area contributed by atoms with Crippen LogP contribution in [0.2, 0.25) is 0 Å². The summed E-state index contributed by atoms with van der Waals surface area (Å²) in [6.07, 6.45) is 3.03. The molecule has 1 N–H and O–H groups in total. The number of hydrogen-bond donors (Lipinski definition) is 1. The van der Waals surface area contributed by atoms with Gasteiger partial charge < -0.3 is 4.18 Å². The fourth-order valence-electron chi connectivity index (χ4n) is 0.473. The van der Waals surface area contributed by atoms with Crippen LogP contribution in [0.3, 0.4) is 0 Å². The third kappa shape index (κ3) is 2.03. The molecule has 1 aliphatic rings. The lowest BCUT2D eigenvalue weighted by atomic mass is 10.1. The standard InChI is InChI=1S/C4H6O4S/c5-9(6,7)8-4-2-1-3-4/h2H,1,3H2,(H,5,6,7). The van der Waals surface area contributed by atoms with E-state index in [1.54, 1.807) is 6.08 Å². The quantitative estimate of drug-likeness (QED) is 0.581. The van der Waals surface area contributed by atoms with E-state index in [1.165, 1.54) is 0 Å². The molecule has 0 fully saturated rings. The molecule has 0 aromatic carbocycles. The largest absolute Gasteiger partial charge is 0.446 e. The fraction of sp³-hybridized carbons (Fsp3) is 0.500. The van der Waals surface area contributed by atoms with Crippen molar-refractivity contribution in [2.75, 3.05) is 0 Å². The van der Waals surface area contributed by atoms with Gasteiger partial charge in [0, 0.05) is 6.42 Å². The summed E-state index contributed by atoms with van der Waals surface area (Å²) in [6.45, 7) is 0. The second kappa shape index (κ2) is 2.00. The van der Waals surface area contributed by atoms with Gasteiger partial charge in [0.05, 0.1) is 0 Å². The third-order valence-electron chi connectivity index (χ3n) is 0.975. The maximum Gasteiger partial charge on any atom is 0.446 e. The van der Waals surface area contributed by atoms with Gasteiger partial charge in [0.25, 0.3) is 0 Å². The summed E-state index contributed by atoms with van der Waals surface area (Å²) in [7, 11) is -4.25. The Hall–Kier alpha value is -0.550. The number of hydrogen-bond acceptors (Lipinski definition) is 3. The van der Waals surface area contributed by atoms with Gasteiger partial charge in [0.2, 0.25) is 0 Å². The van der Waals surface area contributed by atoms with Crippen molar-refractivity contribution in [2.24, 2.45) is 0 Å². The van der Waals surface area contributed by atoms with E-state index in [4.69, 9.17) is 4.55 Å². The van der Waals surface area contributed by atoms with E-state index in [0.717, 1.165) is 6.42 Å². The summed E-state index contributed by atoms with van der Waals surface area (Å²) in [5.74, 6) is 0.331. The van der Waals surface area contributed by atoms with E-state index in [9.17, 15) is 8.42 Å². The van der Waals surface area contributed by atoms with Gasteiger partial charge in [-0.1, -0.05) is 0 Å². The first kappa shape index (κ1) is 6.57. The first-order chi connectivity index (χ1) is 4.08. The van der Waals surface area contributed by atoms with E-state index < -0.39 is 10.4 Å². The monoisotopic (exact) mass is 150 g/mol. The zero-order valence-electron chi connectivity index (χ0n) is 4.57. The summed E-state index contributed by atoms with van der Waals surface area (Å²) in [5, 5.41) is 0. The minimum Gasteiger partial charge on any atom is -0.367 e. The van der Waals surface area contributed by atoms with Crippen LogP contribution >= 0.6 is 0 Å². The summed E-state index contributed by atoms with van der Waals surface area (Å²) >= 11 is 0. The van der Waals surface area contributed by atoms with E-state index in [2.05, 4.69) is 4.18 Å². The predicted octanol–water partition coefficient (Wildman–Crippen LogP) is 0.484. The van der Waals surface area contributed by atoms with Crippen LogP contribution in [0.4, 0.5) is 0 Å². The molecule has 0 amide bonds. The molecule has 0 saturated carbocycles. The highest BCUT2D eigenvalue weighted by molar-refractivity contribution is 7.81. The number of allylic oxidation sites excluding steroid dienone is 2. The maximum atomic E-state index is 9.93. The average Bonchev–Trinajstić information content (AvgIpc) is 1.53. The molecule has 0 radical (unpaired) electrons. The second-order valence-corrected chi connectivity index (χ2v) is 2.74. The highest BCUT2D eigenvalue weighted by Gasteiger charge is 2.13. The minimum atomic E-state index is -4.25. The van der Waals surface area contributed by atoms with Gasteiger partial charge in [0.15, 0.2) is 0 Å². The van der Waals surface area contributed by atoms with Crippen molar-refractivity contribution in [1.29, 1.82) is 0 Å². The van der Waals surface area contributed by atoms with Gasteiger partial charge in [-0.05, 0) is 12.5 Å². The lowest BCUT2D eigenvalue weighted by Gasteiger charge is -2.11. The Morgan fingerprint density at radius 1 is 1.67 bits per heavy atom. The molecule has 0 unspecified atom stereocenters. The molecule has 0 atom stereocenters. The van der Waals surface area contributed by atoms with Crippen LogP contribution in [0.1, 0.15) is 12.8 Å². The maximum absolute atomic E-state index is 9.93. The second-order valence-electron chi connectivity index (χ2n) is 1.72. The van der Waals surface area contributed by atoms with Gasteiger partial charge in [-0.3, -0.25) is 4.55 Å². The van der Waals surface area contributed by atoms with Gasteiger partial charge >= 0.3 is 10.4 Å². The molecule has 52 valence electrons. The smallest absolute Gasteiger partial charge is 0.367 e. The number of rotatable bonds is 2. The van der Waals surface area contributed by atoms with Gasteiger partial charge in [-0.2, -0.15) is 8.42 Å². The van der Waals surface area contributed by atoms with E-state index in [1.807, 2.05) is 0 Å². The molecule has 4 nitrogen and oxygen atoms in total. The van der Waals surface area contributed by atoms with Crippen LogP contribution < -0.4 is 0 Å². The first-order valence-electron chi connectivity index (χ1n) is 2.44. The normalized spacial score (nSPS) is 18.1. The SMILES string of the molecule is O=S(=O)(O)OC1=CCC1. The molecule has 0 aliphatic heterocycles. The van der Waals surface area contributed by atoms with E-state index >= 15 is 0 Å². The Kier molecular flexibility index (Phi) is 1.46. The Bertz CT molecular complexity index is 225. The molecule has 0 aromatic rings. The van der Waals surface area contributed by atoms with Crippen molar-refractivity contribution < 1.29 is 17.2 Å². The lowest BCUT2D eigenvalue weighted by molar-refractivity contribution is 0.311. The van der Waals surface area contributed by atoms with E-state index in [-0.39, 0.29) is 0 Å². The highest BCUT2D eigenvalue weighted by Crippen LogP contribution is 2.19. The third-order valence-corrected chi connectivity index (χ3v) is 1.40. The molecular weight excluding hydrogens is 144 g/mol. The molecule has 0 bridgehead atoms. The molecule has 0 spiro atoms. The summed E-state index contributed by atoms with van der Waals surface area (Å²) in [5.41, 5.74) is 0. The fourth-order valence-corrected chi connectivity index (χ4v) is 0.895. The molecule has 0 heterocycles. The van der Waals surface area contributed by atoms with Crippen LogP contribution in [0, 0.1) is 0 Å². The Morgan fingerprint density at radius 2 is 2.22 bits per heavy atom. The summed E-state index contributed by atoms with van der Waals surface area (Å²) in [6, 6.07) is 0. The van der Waals surface area contributed by atoms with Gasteiger partial charge in [-0.25, -0.2) is 0 Å². The first-order valence-corrected chi connectivity index (χ1v) is 3.80. The molecule has 0 saturated heterocycles. The van der Waals surface area contributed by atoms with Crippen LogP contribution in [0.15, 0.2) is 11.8 Å². The highest BCUT2D eigenvalue weighted by atomic mass is 32.3. The summed E-state index contributed by atoms with van der Waals surface area (Å²) < 4.78 is 32.0. The van der Waals surface area contributed by atoms with Crippen molar-refractivity contribution in [2.45, 2.75) is 12.8 Å². The lowest BCUT2D eigenvalue weighted by Crippen LogP contribution is -2.07. The molecule has 0 aromatic heterocycles. The van der Waals surface area contributed by atoms with E-state index in [0.29, 0.717) is 12.2 Å².